The molecule has 100 valence electrons. The van der Waals surface area contributed by atoms with Crippen LogP contribution in [0.3, 0.4) is 0 Å². The monoisotopic (exact) mass is 296 g/mol. The van der Waals surface area contributed by atoms with Gasteiger partial charge in [-0.2, -0.15) is 13.5 Å². The van der Waals surface area contributed by atoms with Gasteiger partial charge in [0.05, 0.1) is 0 Å². The first kappa shape index (κ1) is 14.8. The first-order valence-electron chi connectivity index (χ1n) is 6.31. The molecule has 20 heavy (non-hydrogen) atoms. The molecule has 0 saturated carbocycles. The summed E-state index contributed by atoms with van der Waals surface area (Å²) in [7, 11) is 0. The molecule has 0 nitrogen and oxygen atoms in total. The van der Waals surface area contributed by atoms with E-state index in [1.807, 2.05) is 17.8 Å². The molecule has 3 rings (SSSR count). The summed E-state index contributed by atoms with van der Waals surface area (Å²) in [6, 6.07) is 29.6. The lowest BCUT2D eigenvalue weighted by Gasteiger charge is -2.09. The second kappa shape index (κ2) is 7.22. The van der Waals surface area contributed by atoms with Crippen LogP contribution in [0.4, 0.5) is 0 Å². The third kappa shape index (κ3) is 3.47. The Bertz CT molecular complexity index is 649. The number of hydrogen-bond acceptors (Lipinski definition) is 1. The van der Waals surface area contributed by atoms with Crippen molar-refractivity contribution in [2.24, 2.45) is 0 Å². The van der Waals surface area contributed by atoms with Crippen LogP contribution in [0.1, 0.15) is 0 Å². The SMILES string of the molecule is S.c1ccc(Sc2ccccc2-c2ccccc2)cc1. The zero-order valence-electron chi connectivity index (χ0n) is 11.0. The first-order valence-corrected chi connectivity index (χ1v) is 7.12. The molecule has 0 atom stereocenters. The first-order chi connectivity index (χ1) is 9.43. The molecule has 0 aromatic heterocycles. The average Bonchev–Trinajstić information content (AvgIpc) is 2.50. The maximum atomic E-state index is 2.18. The summed E-state index contributed by atoms with van der Waals surface area (Å²) in [5.41, 5.74) is 2.55. The Morgan fingerprint density at radius 2 is 1.10 bits per heavy atom. The smallest absolute Gasteiger partial charge is 0.0200 e. The van der Waals surface area contributed by atoms with Crippen LogP contribution in [-0.2, 0) is 0 Å². The normalized spacial score (nSPS) is 9.80. The lowest BCUT2D eigenvalue weighted by atomic mass is 10.1. The summed E-state index contributed by atoms with van der Waals surface area (Å²) in [5, 5.41) is 0. The molecule has 0 aliphatic heterocycles. The Morgan fingerprint density at radius 3 is 1.80 bits per heavy atom. The maximum Gasteiger partial charge on any atom is 0.0200 e. The van der Waals surface area contributed by atoms with E-state index in [-0.39, 0.29) is 13.5 Å². The molecular weight excluding hydrogens is 280 g/mol. The van der Waals surface area contributed by atoms with Crippen molar-refractivity contribution in [2.75, 3.05) is 0 Å². The van der Waals surface area contributed by atoms with E-state index in [4.69, 9.17) is 0 Å². The van der Waals surface area contributed by atoms with Gasteiger partial charge in [-0.15, -0.1) is 0 Å². The van der Waals surface area contributed by atoms with Crippen LogP contribution in [-0.4, -0.2) is 0 Å². The van der Waals surface area contributed by atoms with Gasteiger partial charge in [-0.05, 0) is 29.3 Å². The van der Waals surface area contributed by atoms with Crippen LogP contribution in [0.5, 0.6) is 0 Å². The molecular formula is C18H16S2. The molecule has 0 amide bonds. The average molecular weight is 296 g/mol. The zero-order valence-corrected chi connectivity index (χ0v) is 12.8. The van der Waals surface area contributed by atoms with Gasteiger partial charge in [-0.1, -0.05) is 78.5 Å². The van der Waals surface area contributed by atoms with E-state index in [0.717, 1.165) is 0 Å². The molecule has 2 heteroatoms. The predicted octanol–water partition coefficient (Wildman–Crippen LogP) is 5.62. The van der Waals surface area contributed by atoms with Crippen LogP contribution >= 0.6 is 25.3 Å². The zero-order chi connectivity index (χ0) is 12.9. The van der Waals surface area contributed by atoms with E-state index in [9.17, 15) is 0 Å². The highest BCUT2D eigenvalue weighted by atomic mass is 32.2. The highest BCUT2D eigenvalue weighted by Crippen LogP contribution is 2.35. The lowest BCUT2D eigenvalue weighted by Crippen LogP contribution is -1.81. The fourth-order valence-corrected chi connectivity index (χ4v) is 3.02. The second-order valence-electron chi connectivity index (χ2n) is 4.28. The quantitative estimate of drug-likeness (QED) is 0.604. The summed E-state index contributed by atoms with van der Waals surface area (Å²) < 4.78 is 0. The highest BCUT2D eigenvalue weighted by Gasteiger charge is 2.05. The second-order valence-corrected chi connectivity index (χ2v) is 5.39. The Balaban J connectivity index is 0.00000147. The molecule has 0 N–H and O–H groups in total. The molecule has 0 radical (unpaired) electrons. The molecule has 3 aromatic carbocycles. The van der Waals surface area contributed by atoms with Gasteiger partial charge in [-0.3, -0.25) is 0 Å². The van der Waals surface area contributed by atoms with Crippen molar-refractivity contribution >= 4 is 25.3 Å². The van der Waals surface area contributed by atoms with Crippen molar-refractivity contribution in [3.8, 4) is 11.1 Å². The van der Waals surface area contributed by atoms with Crippen molar-refractivity contribution < 1.29 is 0 Å². The Hall–Kier alpha value is -1.64. The fourth-order valence-electron chi connectivity index (χ4n) is 2.03. The standard InChI is InChI=1S/C18H14S.H2S/c1-3-9-15(10-4-1)17-13-7-8-14-18(17)19-16-11-5-2-6-12-16;/h1-14H;1H2. The van der Waals surface area contributed by atoms with Crippen molar-refractivity contribution in [1.82, 2.24) is 0 Å². The summed E-state index contributed by atoms with van der Waals surface area (Å²) in [6.45, 7) is 0. The van der Waals surface area contributed by atoms with Gasteiger partial charge in [-0.25, -0.2) is 0 Å². The Labute approximate surface area is 131 Å². The van der Waals surface area contributed by atoms with Crippen molar-refractivity contribution in [3.05, 3.63) is 84.9 Å². The van der Waals surface area contributed by atoms with Crippen molar-refractivity contribution in [1.29, 1.82) is 0 Å². The summed E-state index contributed by atoms with van der Waals surface area (Å²) in [6.07, 6.45) is 0. The van der Waals surface area contributed by atoms with Crippen LogP contribution < -0.4 is 0 Å². The van der Waals surface area contributed by atoms with Gasteiger partial charge in [0.1, 0.15) is 0 Å². The van der Waals surface area contributed by atoms with Gasteiger partial charge < -0.3 is 0 Å². The number of hydrogen-bond donors (Lipinski definition) is 0. The molecule has 0 unspecified atom stereocenters. The highest BCUT2D eigenvalue weighted by molar-refractivity contribution is 7.99. The van der Waals surface area contributed by atoms with Crippen molar-refractivity contribution in [3.63, 3.8) is 0 Å². The third-order valence-corrected chi connectivity index (χ3v) is 4.03. The van der Waals surface area contributed by atoms with Gasteiger partial charge in [0.25, 0.3) is 0 Å². The van der Waals surface area contributed by atoms with Crippen LogP contribution in [0.25, 0.3) is 11.1 Å². The topological polar surface area (TPSA) is 0 Å². The van der Waals surface area contributed by atoms with Gasteiger partial charge in [0.15, 0.2) is 0 Å². The van der Waals surface area contributed by atoms with Gasteiger partial charge in [0, 0.05) is 9.79 Å². The van der Waals surface area contributed by atoms with E-state index in [2.05, 4.69) is 78.9 Å². The van der Waals surface area contributed by atoms with E-state index in [1.54, 1.807) is 0 Å². The minimum Gasteiger partial charge on any atom is -0.197 e. The molecule has 0 fully saturated rings. The molecule has 0 aliphatic rings. The maximum absolute atomic E-state index is 2.18. The van der Waals surface area contributed by atoms with Crippen LogP contribution in [0.15, 0.2) is 94.7 Å². The van der Waals surface area contributed by atoms with Crippen molar-refractivity contribution in [2.45, 2.75) is 9.79 Å². The summed E-state index contributed by atoms with van der Waals surface area (Å²) in [5.74, 6) is 0. The van der Waals surface area contributed by atoms with E-state index in [1.165, 1.54) is 20.9 Å². The molecule has 0 spiro atoms. The fraction of sp³-hybridized carbons (Fsp3) is 0. The van der Waals surface area contributed by atoms with E-state index < -0.39 is 0 Å². The lowest BCUT2D eigenvalue weighted by molar-refractivity contribution is 1.40. The Kier molecular flexibility index (Phi) is 5.33. The Morgan fingerprint density at radius 1 is 0.550 bits per heavy atom. The third-order valence-electron chi connectivity index (χ3n) is 2.94. The molecule has 0 saturated heterocycles. The molecule has 0 bridgehead atoms. The van der Waals surface area contributed by atoms with Crippen LogP contribution in [0, 0.1) is 0 Å². The summed E-state index contributed by atoms with van der Waals surface area (Å²) in [4.78, 5) is 2.56. The molecule has 0 heterocycles. The summed E-state index contributed by atoms with van der Waals surface area (Å²) >= 11 is 1.81. The molecule has 0 aliphatic carbocycles. The minimum atomic E-state index is 0. The van der Waals surface area contributed by atoms with Crippen LogP contribution in [0.2, 0.25) is 0 Å². The predicted molar refractivity (Wildman–Crippen MR) is 92.8 cm³/mol. The minimum absolute atomic E-state index is 0. The van der Waals surface area contributed by atoms with E-state index in [0.29, 0.717) is 0 Å². The number of rotatable bonds is 3. The van der Waals surface area contributed by atoms with E-state index >= 15 is 0 Å². The van der Waals surface area contributed by atoms with Gasteiger partial charge in [0.2, 0.25) is 0 Å². The molecule has 3 aromatic rings. The van der Waals surface area contributed by atoms with Gasteiger partial charge >= 0.3 is 0 Å². The number of benzene rings is 3. The largest absolute Gasteiger partial charge is 0.197 e.